The third-order valence-corrected chi connectivity index (χ3v) is 4.12. The van der Waals surface area contributed by atoms with Crippen molar-refractivity contribution in [3.63, 3.8) is 0 Å². The van der Waals surface area contributed by atoms with Gasteiger partial charge in [0.15, 0.2) is 0 Å². The summed E-state index contributed by atoms with van der Waals surface area (Å²) in [5, 5.41) is 6.37. The monoisotopic (exact) mass is 250 g/mol. The highest BCUT2D eigenvalue weighted by molar-refractivity contribution is 5.76. The molecule has 0 aromatic carbocycles. The largest absolute Gasteiger partial charge is 0.352 e. The highest BCUT2D eigenvalue weighted by atomic mass is 16.1. The van der Waals surface area contributed by atoms with E-state index in [1.54, 1.807) is 0 Å². The molecule has 0 spiro atoms. The number of amides is 1. The van der Waals surface area contributed by atoms with Gasteiger partial charge in [0.25, 0.3) is 0 Å². The molecule has 0 radical (unpaired) electrons. The molecule has 0 aromatic heterocycles. The molecule has 0 aromatic rings. The minimum absolute atomic E-state index is 0.251. The summed E-state index contributed by atoms with van der Waals surface area (Å²) in [6.07, 6.45) is 11.9. The molecule has 1 saturated carbocycles. The van der Waals surface area contributed by atoms with Gasteiger partial charge in [0.2, 0.25) is 5.91 Å². The quantitative estimate of drug-likeness (QED) is 0.594. The van der Waals surface area contributed by atoms with Crippen molar-refractivity contribution in [1.82, 2.24) is 10.6 Å². The van der Waals surface area contributed by atoms with Crippen LogP contribution in [0.15, 0.2) is 11.6 Å². The molecule has 1 amide bonds. The van der Waals surface area contributed by atoms with Crippen LogP contribution in [0.1, 0.15) is 51.4 Å². The Kier molecular flexibility index (Phi) is 5.72. The fourth-order valence-electron chi connectivity index (χ4n) is 2.94. The number of hydrogen-bond donors (Lipinski definition) is 2. The van der Waals surface area contributed by atoms with Crippen LogP contribution in [0.3, 0.4) is 0 Å². The first kappa shape index (κ1) is 13.6. The van der Waals surface area contributed by atoms with Crippen LogP contribution in [-0.2, 0) is 4.79 Å². The molecule has 2 N–H and O–H groups in total. The lowest BCUT2D eigenvalue weighted by molar-refractivity contribution is -0.121. The zero-order chi connectivity index (χ0) is 12.6. The van der Waals surface area contributed by atoms with E-state index in [1.807, 2.05) is 0 Å². The van der Waals surface area contributed by atoms with Crippen LogP contribution in [0, 0.1) is 5.92 Å². The van der Waals surface area contributed by atoms with Crippen molar-refractivity contribution in [2.24, 2.45) is 5.92 Å². The number of carbonyl (C=O) groups is 1. The second-order valence-corrected chi connectivity index (χ2v) is 5.65. The minimum Gasteiger partial charge on any atom is -0.352 e. The van der Waals surface area contributed by atoms with Gasteiger partial charge in [0, 0.05) is 19.5 Å². The number of nitrogens with one attached hydrogen (secondary N) is 2. The Morgan fingerprint density at radius 2 is 2.06 bits per heavy atom. The van der Waals surface area contributed by atoms with Gasteiger partial charge in [-0.25, -0.2) is 0 Å². The minimum atomic E-state index is 0.251. The maximum atomic E-state index is 11.9. The first-order chi connectivity index (χ1) is 8.84. The van der Waals surface area contributed by atoms with Gasteiger partial charge < -0.3 is 10.6 Å². The Bertz CT molecular complexity index is 291. The van der Waals surface area contributed by atoms with E-state index in [-0.39, 0.29) is 5.91 Å². The maximum Gasteiger partial charge on any atom is 0.220 e. The molecule has 2 rings (SSSR count). The highest BCUT2D eigenvalue weighted by Crippen LogP contribution is 2.25. The van der Waals surface area contributed by atoms with Crippen LogP contribution < -0.4 is 10.6 Å². The standard InChI is InChI=1S/C15H26N2O/c18-15(11-13-5-3-1-2-4-6-13)17-12-14-7-9-16-10-8-14/h7,13,16H,1-6,8-12H2,(H,17,18). The summed E-state index contributed by atoms with van der Waals surface area (Å²) in [4.78, 5) is 11.9. The van der Waals surface area contributed by atoms with Gasteiger partial charge in [-0.15, -0.1) is 0 Å². The Morgan fingerprint density at radius 1 is 1.28 bits per heavy atom. The summed E-state index contributed by atoms with van der Waals surface area (Å²) in [7, 11) is 0. The van der Waals surface area contributed by atoms with Gasteiger partial charge in [0.05, 0.1) is 0 Å². The second-order valence-electron chi connectivity index (χ2n) is 5.65. The molecule has 1 fully saturated rings. The molecule has 1 aliphatic heterocycles. The molecule has 18 heavy (non-hydrogen) atoms. The molecule has 102 valence electrons. The predicted octanol–water partition coefficient (Wildman–Crippen LogP) is 2.38. The fraction of sp³-hybridized carbons (Fsp3) is 0.800. The van der Waals surface area contributed by atoms with Gasteiger partial charge in [-0.1, -0.05) is 37.3 Å². The zero-order valence-corrected chi connectivity index (χ0v) is 11.3. The Hall–Kier alpha value is -0.830. The number of rotatable bonds is 4. The Labute approximate surface area is 110 Å². The first-order valence-corrected chi connectivity index (χ1v) is 7.50. The highest BCUT2D eigenvalue weighted by Gasteiger charge is 2.16. The van der Waals surface area contributed by atoms with E-state index in [0.717, 1.165) is 32.5 Å². The van der Waals surface area contributed by atoms with Gasteiger partial charge in [-0.2, -0.15) is 0 Å². The van der Waals surface area contributed by atoms with Crippen LogP contribution in [0.5, 0.6) is 0 Å². The van der Waals surface area contributed by atoms with Gasteiger partial charge in [-0.3, -0.25) is 4.79 Å². The van der Waals surface area contributed by atoms with Crippen molar-refractivity contribution >= 4 is 5.91 Å². The zero-order valence-electron chi connectivity index (χ0n) is 11.3. The average molecular weight is 250 g/mol. The Morgan fingerprint density at radius 3 is 2.72 bits per heavy atom. The SMILES string of the molecule is O=C(CC1CCCCCC1)NCC1=CCNCC1. The molecular weight excluding hydrogens is 224 g/mol. The number of carbonyl (C=O) groups excluding carboxylic acids is 1. The Balaban J connectivity index is 1.66. The topological polar surface area (TPSA) is 41.1 Å². The molecule has 3 nitrogen and oxygen atoms in total. The fourth-order valence-corrected chi connectivity index (χ4v) is 2.94. The van der Waals surface area contributed by atoms with Gasteiger partial charge in [-0.05, 0) is 31.7 Å². The summed E-state index contributed by atoms with van der Waals surface area (Å²) in [5.74, 6) is 0.885. The van der Waals surface area contributed by atoms with Crippen molar-refractivity contribution in [2.75, 3.05) is 19.6 Å². The molecule has 3 heteroatoms. The normalized spacial score (nSPS) is 22.1. The van der Waals surface area contributed by atoms with E-state index in [1.165, 1.54) is 44.1 Å². The van der Waals surface area contributed by atoms with Crippen LogP contribution in [0.4, 0.5) is 0 Å². The van der Waals surface area contributed by atoms with Crippen LogP contribution in [0.25, 0.3) is 0 Å². The lowest BCUT2D eigenvalue weighted by Gasteiger charge is -2.16. The molecule has 1 heterocycles. The summed E-state index contributed by atoms with van der Waals surface area (Å²) < 4.78 is 0. The molecular formula is C15H26N2O. The average Bonchev–Trinajstić information content (AvgIpc) is 2.66. The van der Waals surface area contributed by atoms with Gasteiger partial charge >= 0.3 is 0 Å². The van der Waals surface area contributed by atoms with Crippen molar-refractivity contribution in [3.05, 3.63) is 11.6 Å². The van der Waals surface area contributed by atoms with E-state index < -0.39 is 0 Å². The van der Waals surface area contributed by atoms with Crippen molar-refractivity contribution in [2.45, 2.75) is 51.4 Å². The van der Waals surface area contributed by atoms with Crippen LogP contribution in [0.2, 0.25) is 0 Å². The molecule has 0 saturated heterocycles. The summed E-state index contributed by atoms with van der Waals surface area (Å²) in [6, 6.07) is 0. The first-order valence-electron chi connectivity index (χ1n) is 7.50. The second kappa shape index (κ2) is 7.57. The predicted molar refractivity (Wildman–Crippen MR) is 74.4 cm³/mol. The van der Waals surface area contributed by atoms with E-state index in [0.29, 0.717) is 5.92 Å². The molecule has 1 aliphatic carbocycles. The summed E-state index contributed by atoms with van der Waals surface area (Å²) in [6.45, 7) is 2.76. The van der Waals surface area contributed by atoms with Crippen molar-refractivity contribution < 1.29 is 4.79 Å². The summed E-state index contributed by atoms with van der Waals surface area (Å²) >= 11 is 0. The smallest absolute Gasteiger partial charge is 0.220 e. The maximum absolute atomic E-state index is 11.9. The third kappa shape index (κ3) is 4.81. The van der Waals surface area contributed by atoms with E-state index in [2.05, 4.69) is 16.7 Å². The van der Waals surface area contributed by atoms with Gasteiger partial charge in [0.1, 0.15) is 0 Å². The third-order valence-electron chi connectivity index (χ3n) is 4.12. The van der Waals surface area contributed by atoms with Crippen LogP contribution >= 0.6 is 0 Å². The molecule has 0 bridgehead atoms. The molecule has 0 unspecified atom stereocenters. The molecule has 2 aliphatic rings. The summed E-state index contributed by atoms with van der Waals surface area (Å²) in [5.41, 5.74) is 1.38. The van der Waals surface area contributed by atoms with E-state index in [9.17, 15) is 4.79 Å². The van der Waals surface area contributed by atoms with Crippen molar-refractivity contribution in [3.8, 4) is 0 Å². The van der Waals surface area contributed by atoms with Crippen molar-refractivity contribution in [1.29, 1.82) is 0 Å². The van der Waals surface area contributed by atoms with E-state index in [4.69, 9.17) is 0 Å². The van der Waals surface area contributed by atoms with Crippen LogP contribution in [-0.4, -0.2) is 25.5 Å². The van der Waals surface area contributed by atoms with E-state index >= 15 is 0 Å². The lowest BCUT2D eigenvalue weighted by atomic mass is 9.96. The number of hydrogen-bond acceptors (Lipinski definition) is 2. The molecule has 0 atom stereocenters. The lowest BCUT2D eigenvalue weighted by Crippen LogP contribution is -2.30.